The lowest BCUT2D eigenvalue weighted by Crippen LogP contribution is -2.41. The van der Waals surface area contributed by atoms with Gasteiger partial charge in [-0.15, -0.1) is 0 Å². The van der Waals surface area contributed by atoms with Gasteiger partial charge >= 0.3 is 0 Å². The van der Waals surface area contributed by atoms with E-state index in [1.807, 2.05) is 0 Å². The number of hydrogen-bond acceptors (Lipinski definition) is 4. The van der Waals surface area contributed by atoms with Crippen molar-refractivity contribution in [3.8, 4) is 0 Å². The number of benzene rings is 1. The maximum atomic E-state index is 13.1. The summed E-state index contributed by atoms with van der Waals surface area (Å²) in [6, 6.07) is 6.59. The number of likely N-dealkylation sites (tertiary alicyclic amines) is 1. The molecule has 146 valence electrons. The molecule has 4 atom stereocenters. The SMILES string of the molecule is CC(=O)c1ccc(NC(=O)CN2C(=O)C3C(C2=O)C2CCCC3C23CC3)cc1. The zero-order valence-corrected chi connectivity index (χ0v) is 15.9. The summed E-state index contributed by atoms with van der Waals surface area (Å²) in [4.78, 5) is 51.1. The molecule has 5 rings (SSSR count). The maximum Gasteiger partial charge on any atom is 0.244 e. The molecule has 1 saturated heterocycles. The number of imide groups is 1. The molecule has 1 aliphatic heterocycles. The Labute approximate surface area is 163 Å². The average Bonchev–Trinajstić information content (AvgIpc) is 3.38. The van der Waals surface area contributed by atoms with Crippen LogP contribution in [0.25, 0.3) is 0 Å². The summed E-state index contributed by atoms with van der Waals surface area (Å²) < 4.78 is 0. The summed E-state index contributed by atoms with van der Waals surface area (Å²) in [5, 5.41) is 2.72. The van der Waals surface area contributed by atoms with Crippen LogP contribution in [0.5, 0.6) is 0 Å². The van der Waals surface area contributed by atoms with Gasteiger partial charge in [0.05, 0.1) is 11.8 Å². The molecule has 0 radical (unpaired) electrons. The van der Waals surface area contributed by atoms with Crippen molar-refractivity contribution >= 4 is 29.2 Å². The maximum absolute atomic E-state index is 13.1. The van der Waals surface area contributed by atoms with Gasteiger partial charge in [-0.05, 0) is 74.1 Å². The third-order valence-corrected chi connectivity index (χ3v) is 7.57. The van der Waals surface area contributed by atoms with Crippen LogP contribution in [0.4, 0.5) is 5.69 Å². The Morgan fingerprint density at radius 1 is 1.04 bits per heavy atom. The molecule has 6 heteroatoms. The predicted molar refractivity (Wildman–Crippen MR) is 101 cm³/mol. The molecule has 4 unspecified atom stereocenters. The van der Waals surface area contributed by atoms with Crippen molar-refractivity contribution in [2.75, 3.05) is 11.9 Å². The number of ketones is 1. The quantitative estimate of drug-likeness (QED) is 0.643. The van der Waals surface area contributed by atoms with Gasteiger partial charge in [0.25, 0.3) is 0 Å². The van der Waals surface area contributed by atoms with Gasteiger partial charge in [0.2, 0.25) is 17.7 Å². The van der Waals surface area contributed by atoms with Gasteiger partial charge in [0, 0.05) is 11.3 Å². The molecular formula is C22H24N2O4. The van der Waals surface area contributed by atoms with Gasteiger partial charge in [-0.25, -0.2) is 0 Å². The van der Waals surface area contributed by atoms with Crippen LogP contribution in [0.2, 0.25) is 0 Å². The summed E-state index contributed by atoms with van der Waals surface area (Å²) in [6.45, 7) is 1.25. The molecular weight excluding hydrogens is 356 g/mol. The third kappa shape index (κ3) is 2.39. The monoisotopic (exact) mass is 380 g/mol. The van der Waals surface area contributed by atoms with Crippen molar-refractivity contribution in [3.63, 3.8) is 0 Å². The molecule has 3 aliphatic carbocycles. The summed E-state index contributed by atoms with van der Waals surface area (Å²) in [6.07, 6.45) is 5.51. The van der Waals surface area contributed by atoms with Crippen molar-refractivity contribution < 1.29 is 19.2 Å². The van der Waals surface area contributed by atoms with E-state index in [4.69, 9.17) is 0 Å². The Hall–Kier alpha value is -2.50. The first-order chi connectivity index (χ1) is 13.4. The summed E-state index contributed by atoms with van der Waals surface area (Å²) in [7, 11) is 0. The lowest BCUT2D eigenvalue weighted by molar-refractivity contribution is -0.144. The number of carbonyl (C=O) groups excluding carboxylic acids is 4. The van der Waals surface area contributed by atoms with Gasteiger partial charge < -0.3 is 5.32 Å². The first-order valence-electron chi connectivity index (χ1n) is 10.2. The minimum Gasteiger partial charge on any atom is -0.325 e. The van der Waals surface area contributed by atoms with Crippen LogP contribution in [-0.4, -0.2) is 34.9 Å². The van der Waals surface area contributed by atoms with Gasteiger partial charge in [-0.1, -0.05) is 6.42 Å². The van der Waals surface area contributed by atoms with E-state index in [0.29, 0.717) is 23.1 Å². The van der Waals surface area contributed by atoms with Crippen LogP contribution in [0.1, 0.15) is 49.4 Å². The van der Waals surface area contributed by atoms with E-state index < -0.39 is 0 Å². The number of Topliss-reactive ketones (excluding diaryl/α,β-unsaturated/α-hetero) is 1. The van der Waals surface area contributed by atoms with Crippen LogP contribution in [0, 0.1) is 29.1 Å². The number of amides is 3. The smallest absolute Gasteiger partial charge is 0.244 e. The van der Waals surface area contributed by atoms with Gasteiger partial charge in [-0.3, -0.25) is 24.1 Å². The molecule has 28 heavy (non-hydrogen) atoms. The fraction of sp³-hybridized carbons (Fsp3) is 0.545. The van der Waals surface area contributed by atoms with Crippen LogP contribution < -0.4 is 5.32 Å². The van der Waals surface area contributed by atoms with E-state index >= 15 is 0 Å². The highest BCUT2D eigenvalue weighted by Gasteiger charge is 2.72. The lowest BCUT2D eigenvalue weighted by Gasteiger charge is -2.33. The Kier molecular flexibility index (Phi) is 3.77. The number of nitrogens with zero attached hydrogens (tertiary/aromatic N) is 1. The number of fused-ring (bicyclic) bond motifs is 3. The zero-order valence-electron chi connectivity index (χ0n) is 15.9. The first kappa shape index (κ1) is 17.6. The zero-order chi connectivity index (χ0) is 19.6. The fourth-order valence-corrected chi connectivity index (χ4v) is 6.28. The van der Waals surface area contributed by atoms with E-state index in [-0.39, 0.29) is 47.3 Å². The lowest BCUT2D eigenvalue weighted by atomic mass is 9.73. The second kappa shape index (κ2) is 6.00. The topological polar surface area (TPSA) is 83.6 Å². The highest BCUT2D eigenvalue weighted by Crippen LogP contribution is 2.73. The molecule has 1 N–H and O–H groups in total. The number of anilines is 1. The minimum atomic E-state index is -0.386. The van der Waals surface area contributed by atoms with Gasteiger partial charge in [-0.2, -0.15) is 0 Å². The van der Waals surface area contributed by atoms with Crippen LogP contribution >= 0.6 is 0 Å². The number of hydrogen-bond donors (Lipinski definition) is 1. The second-order valence-electron chi connectivity index (χ2n) is 8.87. The third-order valence-electron chi connectivity index (χ3n) is 7.57. The van der Waals surface area contributed by atoms with Gasteiger partial charge in [0.15, 0.2) is 5.78 Å². The minimum absolute atomic E-state index is 0.0448. The number of rotatable bonds is 4. The highest BCUT2D eigenvalue weighted by atomic mass is 16.2. The van der Waals surface area contributed by atoms with Crippen LogP contribution in [-0.2, 0) is 14.4 Å². The molecule has 4 fully saturated rings. The average molecular weight is 380 g/mol. The molecule has 4 aliphatic rings. The van der Waals surface area contributed by atoms with Crippen molar-refractivity contribution in [3.05, 3.63) is 29.8 Å². The van der Waals surface area contributed by atoms with E-state index in [1.54, 1.807) is 24.3 Å². The predicted octanol–water partition coefficient (Wildman–Crippen LogP) is 2.64. The Balaban J connectivity index is 1.29. The number of carbonyl (C=O) groups is 4. The van der Waals surface area contributed by atoms with Crippen molar-refractivity contribution in [1.29, 1.82) is 0 Å². The number of nitrogens with one attached hydrogen (secondary N) is 1. The van der Waals surface area contributed by atoms with E-state index in [2.05, 4.69) is 5.32 Å². The summed E-state index contributed by atoms with van der Waals surface area (Å²) >= 11 is 0. The first-order valence-corrected chi connectivity index (χ1v) is 10.2. The summed E-state index contributed by atoms with van der Waals surface area (Å²) in [5.41, 5.74) is 1.37. The molecule has 0 aromatic heterocycles. The van der Waals surface area contributed by atoms with Crippen molar-refractivity contribution in [2.24, 2.45) is 29.1 Å². The molecule has 1 aromatic rings. The van der Waals surface area contributed by atoms with Crippen LogP contribution in [0.3, 0.4) is 0 Å². The molecule has 6 nitrogen and oxygen atoms in total. The van der Waals surface area contributed by atoms with Crippen molar-refractivity contribution in [1.82, 2.24) is 4.90 Å². The molecule has 1 heterocycles. The Morgan fingerprint density at radius 3 is 2.11 bits per heavy atom. The molecule has 1 spiro atoms. The molecule has 3 saturated carbocycles. The molecule has 2 bridgehead atoms. The van der Waals surface area contributed by atoms with Crippen molar-refractivity contribution in [2.45, 2.75) is 39.0 Å². The Morgan fingerprint density at radius 2 is 1.61 bits per heavy atom. The van der Waals surface area contributed by atoms with Gasteiger partial charge in [0.1, 0.15) is 6.54 Å². The van der Waals surface area contributed by atoms with E-state index in [1.165, 1.54) is 11.8 Å². The Bertz CT molecular complexity index is 854. The van der Waals surface area contributed by atoms with E-state index in [0.717, 1.165) is 32.1 Å². The standard InChI is InChI=1S/C22H24N2O4/c1-12(25)13-5-7-14(8-6-13)23-17(26)11-24-20(27)18-15-3-2-4-16(19(18)21(24)28)22(15)9-10-22/h5-8,15-16,18-19H,2-4,9-11H2,1H3,(H,23,26). The van der Waals surface area contributed by atoms with E-state index in [9.17, 15) is 19.2 Å². The fourth-order valence-electron chi connectivity index (χ4n) is 6.28. The normalized spacial score (nSPS) is 31.8. The molecule has 1 aromatic carbocycles. The highest BCUT2D eigenvalue weighted by molar-refractivity contribution is 6.09. The largest absolute Gasteiger partial charge is 0.325 e. The second-order valence-corrected chi connectivity index (χ2v) is 8.87. The molecule has 3 amide bonds. The summed E-state index contributed by atoms with van der Waals surface area (Å²) in [5.74, 6) is -0.453. The van der Waals surface area contributed by atoms with Crippen LogP contribution in [0.15, 0.2) is 24.3 Å².